The van der Waals surface area contributed by atoms with Gasteiger partial charge in [-0.15, -0.1) is 0 Å². The topological polar surface area (TPSA) is 123 Å². The summed E-state index contributed by atoms with van der Waals surface area (Å²) >= 11 is 0. The molecule has 1 atom stereocenters. The third kappa shape index (κ3) is 6.00. The fourth-order valence-corrected chi connectivity index (χ4v) is 3.26. The number of carbonyl (C=O) groups excluding carboxylic acids is 1. The van der Waals surface area contributed by atoms with Gasteiger partial charge in [0.2, 0.25) is 0 Å². The van der Waals surface area contributed by atoms with E-state index >= 15 is 0 Å². The first-order valence-electron chi connectivity index (χ1n) is 9.58. The maximum Gasteiger partial charge on any atom is 1.00 e. The Balaban J connectivity index is 0.00000363. The van der Waals surface area contributed by atoms with Gasteiger partial charge in [-0.3, -0.25) is 9.59 Å². The minimum atomic E-state index is -1.10. The second-order valence-corrected chi connectivity index (χ2v) is 7.17. The van der Waals surface area contributed by atoms with Gasteiger partial charge >= 0.3 is 41.6 Å². The largest absolute Gasteiger partial charge is 1.00 e. The van der Waals surface area contributed by atoms with Crippen LogP contribution in [0, 0.1) is 6.92 Å². The summed E-state index contributed by atoms with van der Waals surface area (Å²) in [5.74, 6) is -1.69. The van der Waals surface area contributed by atoms with E-state index in [1.165, 1.54) is 24.7 Å². The van der Waals surface area contributed by atoms with Crippen LogP contribution in [-0.4, -0.2) is 21.7 Å². The smallest absolute Gasteiger partial charge is 0.871 e. The van der Waals surface area contributed by atoms with E-state index in [9.17, 15) is 24.6 Å². The Morgan fingerprint density at radius 3 is 2.25 bits per heavy atom. The number of nitrogens with one attached hydrogen (secondary N) is 2. The van der Waals surface area contributed by atoms with Gasteiger partial charge in [0.1, 0.15) is 5.69 Å². The number of benzene rings is 2. The van der Waals surface area contributed by atoms with Gasteiger partial charge in [0.15, 0.2) is 0 Å². The molecule has 8 nitrogen and oxygen atoms in total. The monoisotopic (exact) mass is 443 g/mol. The summed E-state index contributed by atoms with van der Waals surface area (Å²) in [5.41, 5.74) is 1.81. The molecule has 9 heteroatoms. The Morgan fingerprint density at radius 2 is 1.66 bits per heavy atom. The first kappa shape index (κ1) is 25.2. The van der Waals surface area contributed by atoms with Crippen molar-refractivity contribution in [3.8, 4) is 16.9 Å². The van der Waals surface area contributed by atoms with Crippen LogP contribution in [0.4, 0.5) is 10.5 Å². The second-order valence-electron chi connectivity index (χ2n) is 7.17. The molecule has 0 aliphatic heterocycles. The van der Waals surface area contributed by atoms with Crippen molar-refractivity contribution in [2.45, 2.75) is 19.4 Å². The predicted molar refractivity (Wildman–Crippen MR) is 115 cm³/mol. The average molecular weight is 443 g/mol. The zero-order valence-electron chi connectivity index (χ0n) is 18.1. The number of aromatic nitrogens is 1. The second kappa shape index (κ2) is 11.0. The predicted octanol–water partition coefficient (Wildman–Crippen LogP) is -0.224. The molecule has 1 aromatic heterocycles. The van der Waals surface area contributed by atoms with E-state index in [4.69, 9.17) is 0 Å². The number of hydrogen-bond acceptors (Lipinski definition) is 4. The first-order valence-corrected chi connectivity index (χ1v) is 9.58. The summed E-state index contributed by atoms with van der Waals surface area (Å²) in [7, 11) is 1.47. The molecule has 2 amide bonds. The number of carboxylic acids is 1. The maximum absolute atomic E-state index is 12.5. The van der Waals surface area contributed by atoms with Crippen molar-refractivity contribution in [3.63, 3.8) is 0 Å². The standard InChI is InChI=1S/C23H23N3O5.Na/c1-14-13-26(2)22(30)20(21(14)29)25-23(31)24-18(12-19(27)28)17-10-8-16(9-11-17)15-6-4-3-5-7-15;/h3-11,13,18,29H,12H2,1-2H3,(H,27,28)(H2,24,25,31);/q;+1/p-1. The summed E-state index contributed by atoms with van der Waals surface area (Å²) < 4.78 is 1.20. The molecule has 2 aromatic carbocycles. The first-order chi connectivity index (χ1) is 14.8. The molecule has 0 bridgehead atoms. The average Bonchev–Trinajstić information content (AvgIpc) is 2.75. The van der Waals surface area contributed by atoms with Crippen molar-refractivity contribution in [2.75, 3.05) is 5.32 Å². The van der Waals surface area contributed by atoms with Crippen LogP contribution in [0.5, 0.6) is 5.75 Å². The van der Waals surface area contributed by atoms with Crippen molar-refractivity contribution >= 4 is 17.7 Å². The molecule has 0 fully saturated rings. The molecule has 3 aromatic rings. The van der Waals surface area contributed by atoms with Gasteiger partial charge in [-0.1, -0.05) is 60.3 Å². The third-order valence-corrected chi connectivity index (χ3v) is 4.85. The number of carboxylic acid groups (broad SMARTS) is 1. The van der Waals surface area contributed by atoms with Crippen LogP contribution in [0.3, 0.4) is 0 Å². The van der Waals surface area contributed by atoms with Gasteiger partial charge in [-0.05, 0) is 29.2 Å². The van der Waals surface area contributed by atoms with Crippen LogP contribution >= 0.6 is 0 Å². The Morgan fingerprint density at radius 1 is 1.06 bits per heavy atom. The molecule has 160 valence electrons. The van der Waals surface area contributed by atoms with E-state index in [2.05, 4.69) is 10.6 Å². The van der Waals surface area contributed by atoms with E-state index in [0.717, 1.165) is 11.1 Å². The van der Waals surface area contributed by atoms with Crippen LogP contribution in [0.25, 0.3) is 11.1 Å². The minimum Gasteiger partial charge on any atom is -0.871 e. The number of aliphatic carboxylic acids is 1. The Hall–Kier alpha value is -3.07. The molecule has 0 aliphatic carbocycles. The normalized spacial score (nSPS) is 11.2. The molecule has 1 heterocycles. The molecular weight excluding hydrogens is 421 g/mol. The van der Waals surface area contributed by atoms with Crippen molar-refractivity contribution in [2.24, 2.45) is 7.05 Å². The molecule has 3 N–H and O–H groups in total. The van der Waals surface area contributed by atoms with Gasteiger partial charge in [-0.25, -0.2) is 4.79 Å². The molecule has 1 unspecified atom stereocenters. The van der Waals surface area contributed by atoms with Gasteiger partial charge in [0.05, 0.1) is 12.5 Å². The molecule has 0 aliphatic rings. The molecule has 3 rings (SSSR count). The van der Waals surface area contributed by atoms with E-state index in [1.807, 2.05) is 42.5 Å². The number of anilines is 1. The van der Waals surface area contributed by atoms with Crippen molar-refractivity contribution in [3.05, 3.63) is 82.3 Å². The van der Waals surface area contributed by atoms with E-state index in [1.54, 1.807) is 12.1 Å². The van der Waals surface area contributed by atoms with E-state index in [-0.39, 0.29) is 41.7 Å². The molecule has 0 radical (unpaired) electrons. The van der Waals surface area contributed by atoms with Gasteiger partial charge in [0, 0.05) is 13.2 Å². The number of amides is 2. The number of carbonyl (C=O) groups is 2. The number of aryl methyl sites for hydroxylation is 2. The fraction of sp³-hybridized carbons (Fsp3) is 0.174. The van der Waals surface area contributed by atoms with Crippen LogP contribution in [0.1, 0.15) is 23.6 Å². The zero-order valence-corrected chi connectivity index (χ0v) is 20.1. The molecule has 0 saturated heterocycles. The van der Waals surface area contributed by atoms with Crippen molar-refractivity contribution in [1.29, 1.82) is 0 Å². The molecule has 0 saturated carbocycles. The van der Waals surface area contributed by atoms with Gasteiger partial charge < -0.3 is 25.4 Å². The molecular formula is C23H22N3NaO5. The number of pyridine rings is 1. The van der Waals surface area contributed by atoms with Crippen LogP contribution in [-0.2, 0) is 11.8 Å². The number of urea groups is 1. The SMILES string of the molecule is Cc1cn(C)c(=O)c(NC(=O)NC(CC(=O)O)c2ccc(-c3ccccc3)cc2)c1[O-].[Na+]. The van der Waals surface area contributed by atoms with Gasteiger partial charge in [-0.2, -0.15) is 0 Å². The number of rotatable bonds is 6. The number of hydrogen-bond donors (Lipinski definition) is 3. The van der Waals surface area contributed by atoms with Gasteiger partial charge in [0.25, 0.3) is 5.56 Å². The van der Waals surface area contributed by atoms with Crippen molar-refractivity contribution in [1.82, 2.24) is 9.88 Å². The maximum atomic E-state index is 12.5. The Labute approximate surface area is 207 Å². The van der Waals surface area contributed by atoms with Crippen LogP contribution < -0.4 is 50.9 Å². The summed E-state index contributed by atoms with van der Waals surface area (Å²) in [6.07, 6.45) is 1.02. The Bertz CT molecular complexity index is 1160. The quantitative estimate of drug-likeness (QED) is 0.455. The summed E-state index contributed by atoms with van der Waals surface area (Å²) in [6, 6.07) is 15.1. The minimum absolute atomic E-state index is 0. The zero-order chi connectivity index (χ0) is 22.5. The molecule has 0 spiro atoms. The molecule has 32 heavy (non-hydrogen) atoms. The summed E-state index contributed by atoms with van der Waals surface area (Å²) in [4.78, 5) is 36.0. The third-order valence-electron chi connectivity index (χ3n) is 4.85. The van der Waals surface area contributed by atoms with E-state index < -0.39 is 29.4 Å². The fourth-order valence-electron chi connectivity index (χ4n) is 3.26. The van der Waals surface area contributed by atoms with Crippen molar-refractivity contribution < 1.29 is 49.4 Å². The number of nitrogens with zero attached hydrogens (tertiary/aromatic N) is 1. The summed E-state index contributed by atoms with van der Waals surface area (Å²) in [5, 5.41) is 26.3. The Kier molecular flexibility index (Phi) is 8.65. The summed E-state index contributed by atoms with van der Waals surface area (Å²) in [6.45, 7) is 1.53. The van der Waals surface area contributed by atoms with Crippen LogP contribution in [0.15, 0.2) is 65.6 Å². The van der Waals surface area contributed by atoms with E-state index in [0.29, 0.717) is 11.1 Å². The van der Waals surface area contributed by atoms with Crippen LogP contribution in [0.2, 0.25) is 0 Å².